The highest BCUT2D eigenvalue weighted by Gasteiger charge is 2.20. The summed E-state index contributed by atoms with van der Waals surface area (Å²) < 4.78 is 0. The molecule has 1 aromatic carbocycles. The number of hydrogen-bond donors (Lipinski definition) is 3. The van der Waals surface area contributed by atoms with Crippen molar-refractivity contribution in [2.75, 3.05) is 7.05 Å². The van der Waals surface area contributed by atoms with Crippen molar-refractivity contribution in [3.05, 3.63) is 36.0 Å². The van der Waals surface area contributed by atoms with Crippen LogP contribution in [-0.4, -0.2) is 30.0 Å². The van der Waals surface area contributed by atoms with E-state index in [2.05, 4.69) is 48.5 Å². The maximum Gasteiger partial charge on any atom is 0.237 e. The molecule has 1 unspecified atom stereocenters. The van der Waals surface area contributed by atoms with Crippen molar-refractivity contribution in [1.29, 1.82) is 0 Å². The fraction of sp³-hybridized carbons (Fsp3) is 0.526. The molecule has 0 aliphatic carbocycles. The predicted octanol–water partition coefficient (Wildman–Crippen LogP) is 3.24. The van der Waals surface area contributed by atoms with Crippen molar-refractivity contribution in [2.45, 2.75) is 52.1 Å². The van der Waals surface area contributed by atoms with Crippen LogP contribution in [0.3, 0.4) is 0 Å². The summed E-state index contributed by atoms with van der Waals surface area (Å²) in [5.41, 5.74) is 2.39. The Labute approximate surface area is 139 Å². The minimum absolute atomic E-state index is 0.0974. The van der Waals surface area contributed by atoms with Gasteiger partial charge in [0.1, 0.15) is 0 Å². The first-order chi connectivity index (χ1) is 11.0. The van der Waals surface area contributed by atoms with Crippen LogP contribution in [0.4, 0.5) is 0 Å². The van der Waals surface area contributed by atoms with E-state index < -0.39 is 0 Å². The van der Waals surface area contributed by atoms with Crippen molar-refractivity contribution < 1.29 is 4.79 Å². The molecule has 0 fully saturated rings. The van der Waals surface area contributed by atoms with Crippen LogP contribution < -0.4 is 10.6 Å². The van der Waals surface area contributed by atoms with Crippen LogP contribution in [0, 0.1) is 5.92 Å². The zero-order valence-electron chi connectivity index (χ0n) is 14.6. The van der Waals surface area contributed by atoms with E-state index in [1.54, 1.807) is 0 Å². The molecule has 0 aliphatic rings. The molecular weight excluding hydrogens is 286 g/mol. The fourth-order valence-electron chi connectivity index (χ4n) is 2.95. The van der Waals surface area contributed by atoms with Crippen molar-refractivity contribution in [2.24, 2.45) is 5.92 Å². The maximum atomic E-state index is 12.4. The number of aromatic nitrogens is 1. The molecule has 0 spiro atoms. The van der Waals surface area contributed by atoms with Crippen LogP contribution >= 0.6 is 0 Å². The number of nitrogens with one attached hydrogen (secondary N) is 3. The van der Waals surface area contributed by atoms with Crippen LogP contribution in [0.5, 0.6) is 0 Å². The lowest BCUT2D eigenvalue weighted by molar-refractivity contribution is -0.124. The largest absolute Gasteiger partial charge is 0.361 e. The Balaban J connectivity index is 1.95. The maximum absolute atomic E-state index is 12.4. The molecule has 0 saturated heterocycles. The monoisotopic (exact) mass is 315 g/mol. The summed E-state index contributed by atoms with van der Waals surface area (Å²) in [4.78, 5) is 15.7. The van der Waals surface area contributed by atoms with Crippen LogP contribution in [-0.2, 0) is 11.2 Å². The standard InChI is InChI=1S/C19H29N3O/c1-5-13(2)10-18(20-4)19(23)22-14(3)11-15-12-21-17-9-7-6-8-16(15)17/h6-9,12-14,18,20-21H,5,10-11H2,1-4H3,(H,22,23)/t13-,14?,18+/m0/s1. The van der Waals surface area contributed by atoms with Crippen LogP contribution in [0.1, 0.15) is 39.2 Å². The van der Waals surface area contributed by atoms with Gasteiger partial charge < -0.3 is 15.6 Å². The molecule has 0 radical (unpaired) electrons. The summed E-state index contributed by atoms with van der Waals surface area (Å²) in [5, 5.41) is 7.53. The van der Waals surface area contributed by atoms with Gasteiger partial charge in [-0.3, -0.25) is 4.79 Å². The Kier molecular flexibility index (Phi) is 6.22. The fourth-order valence-corrected chi connectivity index (χ4v) is 2.95. The third-order valence-corrected chi connectivity index (χ3v) is 4.59. The second kappa shape index (κ2) is 8.16. The van der Waals surface area contributed by atoms with Gasteiger partial charge in [-0.2, -0.15) is 0 Å². The average molecular weight is 315 g/mol. The average Bonchev–Trinajstić information content (AvgIpc) is 2.95. The Morgan fingerprint density at radius 3 is 2.70 bits per heavy atom. The van der Waals surface area contributed by atoms with Gasteiger partial charge in [0.15, 0.2) is 0 Å². The number of rotatable bonds is 8. The van der Waals surface area contributed by atoms with E-state index in [4.69, 9.17) is 0 Å². The highest BCUT2D eigenvalue weighted by Crippen LogP contribution is 2.19. The van der Waals surface area contributed by atoms with Gasteiger partial charge in [-0.15, -0.1) is 0 Å². The van der Waals surface area contributed by atoms with Gasteiger partial charge in [0.25, 0.3) is 0 Å². The highest BCUT2D eigenvalue weighted by molar-refractivity contribution is 5.84. The first-order valence-corrected chi connectivity index (χ1v) is 8.57. The number of carbonyl (C=O) groups excluding carboxylic acids is 1. The van der Waals surface area contributed by atoms with E-state index >= 15 is 0 Å². The summed E-state index contributed by atoms with van der Waals surface area (Å²) in [6.45, 7) is 6.41. The second-order valence-electron chi connectivity index (χ2n) is 6.56. The number of carbonyl (C=O) groups is 1. The second-order valence-corrected chi connectivity index (χ2v) is 6.56. The molecule has 2 aromatic rings. The third kappa shape index (κ3) is 4.58. The van der Waals surface area contributed by atoms with E-state index in [0.717, 1.165) is 24.8 Å². The molecule has 126 valence electrons. The molecule has 0 saturated carbocycles. The molecule has 4 nitrogen and oxygen atoms in total. The zero-order chi connectivity index (χ0) is 16.8. The molecule has 23 heavy (non-hydrogen) atoms. The topological polar surface area (TPSA) is 56.9 Å². The molecule has 3 atom stereocenters. The molecule has 3 N–H and O–H groups in total. The van der Waals surface area contributed by atoms with Gasteiger partial charge in [-0.25, -0.2) is 0 Å². The summed E-state index contributed by atoms with van der Waals surface area (Å²) >= 11 is 0. The molecule has 0 aliphatic heterocycles. The highest BCUT2D eigenvalue weighted by atomic mass is 16.2. The normalized spacial score (nSPS) is 15.3. The first kappa shape index (κ1) is 17.5. The number of fused-ring (bicyclic) bond motifs is 1. The SMILES string of the molecule is CC[C@H](C)C[C@@H](NC)C(=O)NC(C)Cc1c[nH]c2ccccc12. The molecule has 4 heteroatoms. The summed E-state index contributed by atoms with van der Waals surface area (Å²) in [5.74, 6) is 0.641. The van der Waals surface area contributed by atoms with Gasteiger partial charge in [0.2, 0.25) is 5.91 Å². The van der Waals surface area contributed by atoms with Crippen LogP contribution in [0.15, 0.2) is 30.5 Å². The van der Waals surface area contributed by atoms with Crippen LogP contribution in [0.2, 0.25) is 0 Å². The van der Waals surface area contributed by atoms with Crippen LogP contribution in [0.25, 0.3) is 10.9 Å². The van der Waals surface area contributed by atoms with Crippen molar-refractivity contribution in [1.82, 2.24) is 15.6 Å². The molecule has 2 rings (SSSR count). The molecule has 0 bridgehead atoms. The lowest BCUT2D eigenvalue weighted by Gasteiger charge is -2.22. The van der Waals surface area contributed by atoms with Gasteiger partial charge in [0.05, 0.1) is 6.04 Å². The molecule has 1 heterocycles. The Bertz CT molecular complexity index is 634. The predicted molar refractivity (Wildman–Crippen MR) is 96.5 cm³/mol. The number of aromatic amines is 1. The molecule has 1 aromatic heterocycles. The van der Waals surface area contributed by atoms with E-state index in [9.17, 15) is 4.79 Å². The first-order valence-electron chi connectivity index (χ1n) is 8.57. The minimum Gasteiger partial charge on any atom is -0.361 e. The van der Waals surface area contributed by atoms with Gasteiger partial charge in [-0.05, 0) is 44.4 Å². The van der Waals surface area contributed by atoms with E-state index in [0.29, 0.717) is 5.92 Å². The van der Waals surface area contributed by atoms with Gasteiger partial charge >= 0.3 is 0 Å². The number of likely N-dealkylation sites (N-methyl/N-ethyl adjacent to an activating group) is 1. The van der Waals surface area contributed by atoms with E-state index in [1.165, 1.54) is 10.9 Å². The summed E-state index contributed by atoms with van der Waals surface area (Å²) in [6, 6.07) is 8.26. The number of para-hydroxylation sites is 1. The minimum atomic E-state index is -0.115. The lowest BCUT2D eigenvalue weighted by Crippen LogP contribution is -2.47. The number of benzene rings is 1. The number of hydrogen-bond acceptors (Lipinski definition) is 2. The summed E-state index contributed by atoms with van der Waals surface area (Å²) in [7, 11) is 1.86. The zero-order valence-corrected chi connectivity index (χ0v) is 14.6. The quantitative estimate of drug-likeness (QED) is 0.700. The van der Waals surface area contributed by atoms with Gasteiger partial charge in [0, 0.05) is 23.1 Å². The Hall–Kier alpha value is -1.81. The third-order valence-electron chi connectivity index (χ3n) is 4.59. The Morgan fingerprint density at radius 2 is 2.00 bits per heavy atom. The van der Waals surface area contributed by atoms with E-state index in [-0.39, 0.29) is 18.0 Å². The van der Waals surface area contributed by atoms with Crippen molar-refractivity contribution in [3.63, 3.8) is 0 Å². The molecule has 1 amide bonds. The summed E-state index contributed by atoms with van der Waals surface area (Å²) in [6.07, 6.45) is 4.84. The Morgan fingerprint density at radius 1 is 1.26 bits per heavy atom. The van der Waals surface area contributed by atoms with E-state index in [1.807, 2.05) is 25.4 Å². The lowest BCUT2D eigenvalue weighted by atomic mass is 9.98. The van der Waals surface area contributed by atoms with Gasteiger partial charge in [-0.1, -0.05) is 38.5 Å². The number of amides is 1. The molecular formula is C19H29N3O. The smallest absolute Gasteiger partial charge is 0.237 e. The van der Waals surface area contributed by atoms with Crippen molar-refractivity contribution >= 4 is 16.8 Å². The van der Waals surface area contributed by atoms with Crippen molar-refractivity contribution in [3.8, 4) is 0 Å². The number of H-pyrrole nitrogens is 1.